The third kappa shape index (κ3) is 3.80. The summed E-state index contributed by atoms with van der Waals surface area (Å²) in [7, 11) is 3.56. The predicted molar refractivity (Wildman–Crippen MR) is 61.3 cm³/mol. The van der Waals surface area contributed by atoms with Gasteiger partial charge in [-0.2, -0.15) is 0 Å². The number of likely N-dealkylation sites (tertiary alicyclic amines) is 1. The highest BCUT2D eigenvalue weighted by molar-refractivity contribution is 5.75. The van der Waals surface area contributed by atoms with Crippen molar-refractivity contribution in [2.75, 3.05) is 33.7 Å². The van der Waals surface area contributed by atoms with Crippen LogP contribution in [0.1, 0.15) is 26.2 Å². The Kier molecular flexibility index (Phi) is 5.05. The molecule has 1 rings (SSSR count). The van der Waals surface area contributed by atoms with Crippen LogP contribution >= 0.6 is 0 Å². The van der Waals surface area contributed by atoms with Crippen LogP contribution in [0.2, 0.25) is 0 Å². The highest BCUT2D eigenvalue weighted by Crippen LogP contribution is 2.20. The average Bonchev–Trinajstić information content (AvgIpc) is 2.29. The lowest BCUT2D eigenvalue weighted by Crippen LogP contribution is -2.40. The first-order valence-corrected chi connectivity index (χ1v) is 5.83. The Labute approximate surface area is 92.6 Å². The summed E-state index contributed by atoms with van der Waals surface area (Å²) >= 11 is 0. The van der Waals surface area contributed by atoms with E-state index in [9.17, 15) is 4.79 Å². The van der Waals surface area contributed by atoms with Crippen molar-refractivity contribution in [2.45, 2.75) is 26.2 Å². The third-order valence-corrected chi connectivity index (χ3v) is 3.33. The average molecular weight is 213 g/mol. The van der Waals surface area contributed by atoms with E-state index in [4.69, 9.17) is 0 Å². The predicted octanol–water partition coefficient (Wildman–Crippen LogP) is 0.701. The van der Waals surface area contributed by atoms with Crippen LogP contribution in [0.3, 0.4) is 0 Å². The van der Waals surface area contributed by atoms with Crippen molar-refractivity contribution >= 4 is 5.91 Å². The molecule has 0 aromatic rings. The molecule has 1 saturated heterocycles. The largest absolute Gasteiger partial charge is 0.304 e. The van der Waals surface area contributed by atoms with Crippen molar-refractivity contribution in [3.63, 3.8) is 0 Å². The van der Waals surface area contributed by atoms with Crippen LogP contribution in [0.15, 0.2) is 0 Å². The Hall–Kier alpha value is -0.610. The fourth-order valence-electron chi connectivity index (χ4n) is 2.02. The van der Waals surface area contributed by atoms with E-state index in [1.54, 1.807) is 19.1 Å². The minimum Gasteiger partial charge on any atom is -0.304 e. The Morgan fingerprint density at radius 2 is 2.07 bits per heavy atom. The number of hydrazine groups is 1. The van der Waals surface area contributed by atoms with E-state index in [1.807, 2.05) is 0 Å². The van der Waals surface area contributed by atoms with E-state index in [-0.39, 0.29) is 5.91 Å². The number of hydrogen-bond acceptors (Lipinski definition) is 3. The molecule has 1 aliphatic heterocycles. The van der Waals surface area contributed by atoms with Crippen LogP contribution in [-0.2, 0) is 4.79 Å². The normalized spacial score (nSPS) is 19.1. The van der Waals surface area contributed by atoms with Gasteiger partial charge in [0.2, 0.25) is 5.91 Å². The molecular weight excluding hydrogens is 190 g/mol. The molecule has 0 aromatic heterocycles. The van der Waals surface area contributed by atoms with E-state index in [2.05, 4.69) is 17.2 Å². The molecule has 1 amide bonds. The van der Waals surface area contributed by atoms with Crippen molar-refractivity contribution in [1.82, 2.24) is 15.3 Å². The zero-order valence-corrected chi connectivity index (χ0v) is 10.1. The zero-order chi connectivity index (χ0) is 11.3. The molecule has 1 heterocycles. The fourth-order valence-corrected chi connectivity index (χ4v) is 2.02. The molecule has 0 saturated carbocycles. The van der Waals surface area contributed by atoms with E-state index in [0.717, 1.165) is 32.5 Å². The first-order valence-electron chi connectivity index (χ1n) is 5.83. The second-order valence-corrected chi connectivity index (χ2v) is 4.26. The van der Waals surface area contributed by atoms with Gasteiger partial charge in [0.15, 0.2) is 0 Å². The highest BCUT2D eigenvalue weighted by atomic mass is 16.2. The van der Waals surface area contributed by atoms with Gasteiger partial charge in [0.05, 0.1) is 0 Å². The van der Waals surface area contributed by atoms with Gasteiger partial charge in [-0.25, -0.2) is 5.43 Å². The molecule has 4 nitrogen and oxygen atoms in total. The Morgan fingerprint density at radius 3 is 2.53 bits per heavy atom. The van der Waals surface area contributed by atoms with Gasteiger partial charge in [-0.1, -0.05) is 6.92 Å². The molecule has 0 aliphatic carbocycles. The molecule has 1 aliphatic rings. The van der Waals surface area contributed by atoms with Gasteiger partial charge in [0.1, 0.15) is 0 Å². The minimum atomic E-state index is 0.201. The smallest absolute Gasteiger partial charge is 0.236 e. The fraction of sp³-hybridized carbons (Fsp3) is 0.909. The standard InChI is InChI=1S/C11H23N3O/c1-4-14-7-5-10(6-8-14)9-11(15)13(3)12-2/h10,12H,4-9H2,1-3H3. The number of rotatable bonds is 4. The van der Waals surface area contributed by atoms with E-state index >= 15 is 0 Å². The van der Waals surface area contributed by atoms with Crippen LogP contribution in [0, 0.1) is 5.92 Å². The number of carbonyl (C=O) groups is 1. The number of nitrogens with one attached hydrogen (secondary N) is 1. The van der Waals surface area contributed by atoms with Gasteiger partial charge in [-0.05, 0) is 38.4 Å². The maximum absolute atomic E-state index is 11.6. The lowest BCUT2D eigenvalue weighted by molar-refractivity contribution is -0.133. The topological polar surface area (TPSA) is 35.6 Å². The minimum absolute atomic E-state index is 0.201. The summed E-state index contributed by atoms with van der Waals surface area (Å²) in [5, 5.41) is 1.58. The zero-order valence-electron chi connectivity index (χ0n) is 10.1. The van der Waals surface area contributed by atoms with Crippen LogP contribution in [0.25, 0.3) is 0 Å². The van der Waals surface area contributed by atoms with Crippen LogP contribution in [0.5, 0.6) is 0 Å². The third-order valence-electron chi connectivity index (χ3n) is 3.33. The summed E-state index contributed by atoms with van der Waals surface area (Å²) < 4.78 is 0. The molecule has 0 bridgehead atoms. The highest BCUT2D eigenvalue weighted by Gasteiger charge is 2.21. The van der Waals surface area contributed by atoms with Crippen molar-refractivity contribution in [1.29, 1.82) is 0 Å². The Bertz CT molecular complexity index is 200. The summed E-state index contributed by atoms with van der Waals surface area (Å²) in [6, 6.07) is 0. The molecule has 0 atom stereocenters. The van der Waals surface area contributed by atoms with Gasteiger partial charge < -0.3 is 4.90 Å². The summed E-state index contributed by atoms with van der Waals surface area (Å²) in [5.41, 5.74) is 2.85. The number of carbonyl (C=O) groups excluding carboxylic acids is 1. The van der Waals surface area contributed by atoms with Gasteiger partial charge in [-0.3, -0.25) is 9.80 Å². The molecule has 1 N–H and O–H groups in total. The number of hydrogen-bond donors (Lipinski definition) is 1. The second-order valence-electron chi connectivity index (χ2n) is 4.26. The van der Waals surface area contributed by atoms with Crippen molar-refractivity contribution in [3.05, 3.63) is 0 Å². The number of nitrogens with zero attached hydrogens (tertiary/aromatic N) is 2. The quantitative estimate of drug-likeness (QED) is 0.698. The molecule has 15 heavy (non-hydrogen) atoms. The second kappa shape index (κ2) is 6.08. The molecule has 0 radical (unpaired) electrons. The van der Waals surface area contributed by atoms with E-state index < -0.39 is 0 Å². The summed E-state index contributed by atoms with van der Waals surface area (Å²) in [6.07, 6.45) is 3.02. The maximum Gasteiger partial charge on any atom is 0.236 e. The number of amides is 1. The monoisotopic (exact) mass is 213 g/mol. The lowest BCUT2D eigenvalue weighted by Gasteiger charge is -2.31. The van der Waals surface area contributed by atoms with Crippen molar-refractivity contribution in [3.8, 4) is 0 Å². The van der Waals surface area contributed by atoms with Gasteiger partial charge >= 0.3 is 0 Å². The molecular formula is C11H23N3O. The molecule has 0 spiro atoms. The first-order chi connectivity index (χ1) is 7.17. The van der Waals surface area contributed by atoms with E-state index in [0.29, 0.717) is 12.3 Å². The lowest BCUT2D eigenvalue weighted by atomic mass is 9.93. The van der Waals surface area contributed by atoms with Gasteiger partial charge in [0, 0.05) is 20.5 Å². The molecule has 0 unspecified atom stereocenters. The SMILES string of the molecule is CCN1CCC(CC(=O)N(C)NC)CC1. The summed E-state index contributed by atoms with van der Waals surface area (Å²) in [6.45, 7) is 5.63. The van der Waals surface area contributed by atoms with E-state index in [1.165, 1.54) is 0 Å². The van der Waals surface area contributed by atoms with Crippen molar-refractivity contribution in [2.24, 2.45) is 5.92 Å². The van der Waals surface area contributed by atoms with Gasteiger partial charge in [-0.15, -0.1) is 0 Å². The number of piperidine rings is 1. The van der Waals surface area contributed by atoms with Crippen LogP contribution in [-0.4, -0.2) is 49.5 Å². The molecule has 4 heteroatoms. The summed E-state index contributed by atoms with van der Waals surface area (Å²) in [5.74, 6) is 0.781. The maximum atomic E-state index is 11.6. The summed E-state index contributed by atoms with van der Waals surface area (Å²) in [4.78, 5) is 14.1. The van der Waals surface area contributed by atoms with Gasteiger partial charge in [0.25, 0.3) is 0 Å². The van der Waals surface area contributed by atoms with Crippen molar-refractivity contribution < 1.29 is 4.79 Å². The molecule has 1 fully saturated rings. The Balaban J connectivity index is 2.26. The first kappa shape index (κ1) is 12.5. The van der Waals surface area contributed by atoms with Crippen LogP contribution in [0.4, 0.5) is 0 Å². The molecule has 88 valence electrons. The Morgan fingerprint density at radius 1 is 1.47 bits per heavy atom. The van der Waals surface area contributed by atoms with Crippen LogP contribution < -0.4 is 5.43 Å². The molecule has 0 aromatic carbocycles.